The number of ether oxygens (including phenoxy) is 5. The van der Waals surface area contributed by atoms with E-state index in [1.54, 1.807) is 36.4 Å². The third kappa shape index (κ3) is 11.8. The second kappa shape index (κ2) is 22.7. The Labute approximate surface area is 387 Å². The Morgan fingerprint density at radius 1 is 0.809 bits per heavy atom. The zero-order valence-corrected chi connectivity index (χ0v) is 36.7. The third-order valence-electron chi connectivity index (χ3n) is 11.1. The summed E-state index contributed by atoms with van der Waals surface area (Å²) < 4.78 is 54.6. The SMILES string of the molecule is O=C1CCC(N2C(=O)c3cccc(C#CCOCCOCCOCCOCCOCCNC(=O)c4cc5cc(N6CC[C@](O)(C(=O)NCc7cc(F)cc(F)c7)C6=O)ccc5[nH]4)c3C2=O)C(=O)N1. The van der Waals surface area contributed by atoms with Gasteiger partial charge in [0.1, 0.15) is 30.0 Å². The van der Waals surface area contributed by atoms with E-state index in [0.29, 0.717) is 74.5 Å². The number of hydrogen-bond donors (Lipinski definition) is 5. The first-order chi connectivity index (χ1) is 32.8. The molecule has 0 spiro atoms. The Hall–Kier alpha value is -6.93. The number of aromatic nitrogens is 1. The van der Waals surface area contributed by atoms with Crippen molar-refractivity contribution < 1.29 is 71.1 Å². The molecule has 1 aromatic heterocycles. The Kier molecular flexibility index (Phi) is 16.4. The number of aromatic amines is 1. The molecular weight excluding hydrogens is 895 g/mol. The second-order valence-electron chi connectivity index (χ2n) is 15.7. The molecular formula is C47H48F2N6O13. The number of aliphatic hydroxyl groups is 1. The van der Waals surface area contributed by atoms with Crippen molar-refractivity contribution in [3.05, 3.63) is 100 Å². The van der Waals surface area contributed by atoms with Gasteiger partial charge in [0.05, 0.1) is 70.6 Å². The van der Waals surface area contributed by atoms with Gasteiger partial charge < -0.3 is 49.3 Å². The maximum atomic E-state index is 13.5. The van der Waals surface area contributed by atoms with Gasteiger partial charge in [0.15, 0.2) is 0 Å². The highest BCUT2D eigenvalue weighted by atomic mass is 19.1. The summed E-state index contributed by atoms with van der Waals surface area (Å²) in [6.07, 6.45) is -0.108. The molecule has 1 unspecified atom stereocenters. The minimum atomic E-state index is -2.37. The molecule has 2 atom stereocenters. The number of hydrogen-bond acceptors (Lipinski definition) is 13. The van der Waals surface area contributed by atoms with Crippen LogP contribution in [0.25, 0.3) is 10.9 Å². The Morgan fingerprint density at radius 2 is 1.49 bits per heavy atom. The highest BCUT2D eigenvalue weighted by molar-refractivity contribution is 6.24. The van der Waals surface area contributed by atoms with Gasteiger partial charge in [0.25, 0.3) is 29.5 Å². The van der Waals surface area contributed by atoms with E-state index >= 15 is 0 Å². The molecule has 2 fully saturated rings. The molecule has 21 heteroatoms. The zero-order valence-electron chi connectivity index (χ0n) is 36.7. The summed E-state index contributed by atoms with van der Waals surface area (Å²) >= 11 is 0. The molecule has 358 valence electrons. The summed E-state index contributed by atoms with van der Waals surface area (Å²) in [5.41, 5.74) is -0.337. The molecule has 0 radical (unpaired) electrons. The van der Waals surface area contributed by atoms with Crippen LogP contribution in [0.1, 0.15) is 61.6 Å². The predicted molar refractivity (Wildman–Crippen MR) is 235 cm³/mol. The summed E-state index contributed by atoms with van der Waals surface area (Å²) in [5, 5.41) is 18.9. The van der Waals surface area contributed by atoms with Gasteiger partial charge in [-0.25, -0.2) is 8.78 Å². The third-order valence-corrected chi connectivity index (χ3v) is 11.1. The van der Waals surface area contributed by atoms with E-state index in [9.17, 15) is 47.4 Å². The summed E-state index contributed by atoms with van der Waals surface area (Å²) in [7, 11) is 0. The molecule has 2 saturated heterocycles. The minimum absolute atomic E-state index is 0.0306. The maximum absolute atomic E-state index is 13.5. The van der Waals surface area contributed by atoms with E-state index in [4.69, 9.17) is 23.7 Å². The van der Waals surface area contributed by atoms with Crippen molar-refractivity contribution in [3.8, 4) is 11.8 Å². The quantitative estimate of drug-likeness (QED) is 0.0325. The van der Waals surface area contributed by atoms with Gasteiger partial charge in [-0.3, -0.25) is 43.8 Å². The lowest BCUT2D eigenvalue weighted by Gasteiger charge is -2.27. The molecule has 7 rings (SSSR count). The monoisotopic (exact) mass is 942 g/mol. The van der Waals surface area contributed by atoms with Crippen LogP contribution in [-0.4, -0.2) is 147 Å². The number of benzene rings is 3. The molecule has 0 aliphatic carbocycles. The van der Waals surface area contributed by atoms with Crippen LogP contribution in [0.5, 0.6) is 0 Å². The lowest BCUT2D eigenvalue weighted by atomic mass is 10.0. The number of nitrogens with zero attached hydrogens (tertiary/aromatic N) is 2. The molecule has 3 aliphatic rings. The number of carbonyl (C=O) groups excluding carboxylic acids is 7. The topological polar surface area (TPSA) is 244 Å². The second-order valence-corrected chi connectivity index (χ2v) is 15.7. The average molecular weight is 943 g/mol. The summed E-state index contributed by atoms with van der Waals surface area (Å²) in [5.74, 6) is -0.517. The van der Waals surface area contributed by atoms with E-state index in [0.717, 1.165) is 17.0 Å². The molecule has 68 heavy (non-hydrogen) atoms. The highest BCUT2D eigenvalue weighted by Crippen LogP contribution is 2.32. The van der Waals surface area contributed by atoms with Crippen molar-refractivity contribution in [1.29, 1.82) is 0 Å². The van der Waals surface area contributed by atoms with E-state index in [2.05, 4.69) is 32.8 Å². The van der Waals surface area contributed by atoms with Gasteiger partial charge in [-0.2, -0.15) is 0 Å². The zero-order chi connectivity index (χ0) is 48.2. The molecule has 3 aliphatic heterocycles. The predicted octanol–water partition coefficient (Wildman–Crippen LogP) is 1.50. The summed E-state index contributed by atoms with van der Waals surface area (Å²) in [4.78, 5) is 94.1. The molecule has 3 aromatic carbocycles. The molecule has 7 amide bonds. The van der Waals surface area contributed by atoms with Crippen LogP contribution in [0.2, 0.25) is 0 Å². The molecule has 5 N–H and O–H groups in total. The Bertz CT molecular complexity index is 2630. The van der Waals surface area contributed by atoms with Crippen LogP contribution in [0.4, 0.5) is 14.5 Å². The Morgan fingerprint density at radius 3 is 2.18 bits per heavy atom. The number of halogens is 2. The van der Waals surface area contributed by atoms with Gasteiger partial charge >= 0.3 is 0 Å². The van der Waals surface area contributed by atoms with Crippen molar-refractivity contribution in [2.75, 3.05) is 84.1 Å². The standard InChI is InChI=1S/C47H48F2N6O13/c48-32-23-29(24-33(49)27-32)28-51-45(61)47(63)10-12-54(46(47)62)34-6-7-36-31(25-34)26-37(52-36)41(57)50-11-14-65-16-18-67-20-22-68-21-19-66-17-15-64-13-2-4-30-3-1-5-35-40(30)44(60)55(43(35)59)38-8-9-39(56)53-42(38)58/h1,3,5-7,23-27,38,52,63H,8-22,28H2,(H,50,57)(H,51,61)(H,53,56,58)/t38?,47-/m0/s1. The normalized spacial score (nSPS) is 17.9. The highest BCUT2D eigenvalue weighted by Gasteiger charge is 2.52. The molecule has 4 heterocycles. The van der Waals surface area contributed by atoms with Crippen LogP contribution in [-0.2, 0) is 49.4 Å². The lowest BCUT2D eigenvalue weighted by molar-refractivity contribution is -0.149. The van der Waals surface area contributed by atoms with Crippen molar-refractivity contribution in [2.24, 2.45) is 0 Å². The minimum Gasteiger partial charge on any atom is -0.377 e. The summed E-state index contributed by atoms with van der Waals surface area (Å²) in [6.45, 7) is 2.79. The van der Waals surface area contributed by atoms with Crippen LogP contribution >= 0.6 is 0 Å². The van der Waals surface area contributed by atoms with E-state index in [-0.39, 0.29) is 87.0 Å². The van der Waals surface area contributed by atoms with Crippen molar-refractivity contribution in [3.63, 3.8) is 0 Å². The first-order valence-corrected chi connectivity index (χ1v) is 21.7. The van der Waals surface area contributed by atoms with E-state index in [1.165, 1.54) is 11.0 Å². The van der Waals surface area contributed by atoms with Crippen LogP contribution in [0.3, 0.4) is 0 Å². The van der Waals surface area contributed by atoms with Crippen molar-refractivity contribution in [2.45, 2.75) is 37.5 Å². The number of imide groups is 2. The van der Waals surface area contributed by atoms with Crippen LogP contribution < -0.4 is 20.9 Å². The van der Waals surface area contributed by atoms with Crippen molar-refractivity contribution >= 4 is 57.9 Å². The number of anilines is 1. The molecule has 19 nitrogen and oxygen atoms in total. The first-order valence-electron chi connectivity index (χ1n) is 21.7. The number of fused-ring (bicyclic) bond motifs is 2. The number of nitrogens with one attached hydrogen (secondary N) is 4. The van der Waals surface area contributed by atoms with Crippen LogP contribution in [0, 0.1) is 23.5 Å². The number of piperidine rings is 1. The van der Waals surface area contributed by atoms with E-state index < -0.39 is 58.7 Å². The molecule has 4 aromatic rings. The van der Waals surface area contributed by atoms with Gasteiger partial charge in [-0.1, -0.05) is 17.9 Å². The fourth-order valence-electron chi connectivity index (χ4n) is 7.70. The molecule has 0 bridgehead atoms. The number of carbonyl (C=O) groups is 7. The molecule has 0 saturated carbocycles. The fraction of sp³-hybridized carbons (Fsp3) is 0.383. The van der Waals surface area contributed by atoms with Crippen LogP contribution in [0.15, 0.2) is 60.7 Å². The lowest BCUT2D eigenvalue weighted by Crippen LogP contribution is -2.54. The maximum Gasteiger partial charge on any atom is 0.268 e. The van der Waals surface area contributed by atoms with E-state index in [1.807, 2.05) is 0 Å². The number of H-pyrrole nitrogens is 1. The van der Waals surface area contributed by atoms with Gasteiger partial charge in [-0.05, 0) is 60.5 Å². The average Bonchev–Trinajstić information content (AvgIpc) is 3.96. The number of rotatable bonds is 22. The summed E-state index contributed by atoms with van der Waals surface area (Å²) in [6, 6.07) is 13.0. The smallest absolute Gasteiger partial charge is 0.268 e. The van der Waals surface area contributed by atoms with Gasteiger partial charge in [0, 0.05) is 60.7 Å². The number of amides is 7. The van der Waals surface area contributed by atoms with Gasteiger partial charge in [0.2, 0.25) is 17.4 Å². The van der Waals surface area contributed by atoms with Crippen molar-refractivity contribution in [1.82, 2.24) is 25.8 Å². The Balaban J connectivity index is 0.696. The fourth-order valence-corrected chi connectivity index (χ4v) is 7.70. The van der Waals surface area contributed by atoms with Gasteiger partial charge in [-0.15, -0.1) is 0 Å². The largest absolute Gasteiger partial charge is 0.377 e. The first kappa shape index (κ1) is 49.0.